The van der Waals surface area contributed by atoms with Crippen molar-refractivity contribution in [1.82, 2.24) is 9.80 Å². The van der Waals surface area contributed by atoms with Gasteiger partial charge in [-0.2, -0.15) is 0 Å². The lowest BCUT2D eigenvalue weighted by Gasteiger charge is -2.37. The summed E-state index contributed by atoms with van der Waals surface area (Å²) in [6.45, 7) is 6.07. The molecule has 0 aliphatic carbocycles. The normalized spacial score (nSPS) is 19.2. The molecule has 5 rings (SSSR count). The van der Waals surface area contributed by atoms with Gasteiger partial charge in [-0.25, -0.2) is 0 Å². The van der Waals surface area contributed by atoms with Crippen LogP contribution in [0.3, 0.4) is 0 Å². The topological polar surface area (TPSA) is 72.2 Å². The van der Waals surface area contributed by atoms with Gasteiger partial charge in [0.1, 0.15) is 18.9 Å². The van der Waals surface area contributed by atoms with E-state index in [1.165, 1.54) is 16.7 Å². The van der Waals surface area contributed by atoms with E-state index in [4.69, 9.17) is 13.9 Å². The molecule has 2 aromatic heterocycles. The number of nitrogens with zero attached hydrogens (tertiary/aromatic N) is 2. The SMILES string of the molecule is Cc1ccc(OC[C@@H]2c3ccsc3CCN2C(=O)CN(C[C@@H]2CCCO2)C(=O)c2ccco2)c(C)c1. The first-order valence-electron chi connectivity index (χ1n) is 12.5. The lowest BCUT2D eigenvalue weighted by atomic mass is 10.00. The highest BCUT2D eigenvalue weighted by Crippen LogP contribution is 2.34. The third-order valence-electron chi connectivity index (χ3n) is 6.94. The molecule has 2 aliphatic rings. The molecule has 0 spiro atoms. The van der Waals surface area contributed by atoms with Gasteiger partial charge in [0.15, 0.2) is 5.76 Å². The summed E-state index contributed by atoms with van der Waals surface area (Å²) in [6, 6.07) is 11.3. The molecule has 2 aliphatic heterocycles. The molecule has 4 heterocycles. The van der Waals surface area contributed by atoms with Gasteiger partial charge in [-0.15, -0.1) is 11.3 Å². The van der Waals surface area contributed by atoms with E-state index >= 15 is 0 Å². The van der Waals surface area contributed by atoms with E-state index in [0.717, 1.165) is 36.1 Å². The summed E-state index contributed by atoms with van der Waals surface area (Å²) in [5, 5.41) is 2.08. The first kappa shape index (κ1) is 24.6. The maximum Gasteiger partial charge on any atom is 0.290 e. The Morgan fingerprint density at radius 3 is 2.86 bits per heavy atom. The average Bonchev–Trinajstić information content (AvgIpc) is 3.65. The molecule has 2 atom stereocenters. The monoisotopic (exact) mass is 508 g/mol. The van der Waals surface area contributed by atoms with Crippen LogP contribution in [0.15, 0.2) is 52.5 Å². The number of thiophene rings is 1. The van der Waals surface area contributed by atoms with Crippen molar-refractivity contribution in [3.05, 3.63) is 75.4 Å². The molecule has 7 nitrogen and oxygen atoms in total. The third kappa shape index (κ3) is 5.34. The molecule has 36 heavy (non-hydrogen) atoms. The summed E-state index contributed by atoms with van der Waals surface area (Å²) in [5.74, 6) is 0.664. The molecule has 0 unspecified atom stereocenters. The molecule has 1 saturated heterocycles. The van der Waals surface area contributed by atoms with E-state index < -0.39 is 0 Å². The highest BCUT2D eigenvalue weighted by Gasteiger charge is 2.35. The Labute approximate surface area is 215 Å². The molecule has 1 aromatic carbocycles. The van der Waals surface area contributed by atoms with Crippen molar-refractivity contribution in [1.29, 1.82) is 0 Å². The Balaban J connectivity index is 1.34. The van der Waals surface area contributed by atoms with Gasteiger partial charge < -0.3 is 23.7 Å². The van der Waals surface area contributed by atoms with Crippen molar-refractivity contribution >= 4 is 23.2 Å². The van der Waals surface area contributed by atoms with Crippen LogP contribution >= 0.6 is 11.3 Å². The Morgan fingerprint density at radius 2 is 2.11 bits per heavy atom. The number of ether oxygens (including phenoxy) is 2. The summed E-state index contributed by atoms with van der Waals surface area (Å²) in [5.41, 5.74) is 3.38. The van der Waals surface area contributed by atoms with Gasteiger partial charge in [-0.05, 0) is 73.9 Å². The molecular weight excluding hydrogens is 476 g/mol. The van der Waals surface area contributed by atoms with Crippen LogP contribution in [0.5, 0.6) is 5.75 Å². The van der Waals surface area contributed by atoms with Gasteiger partial charge in [-0.3, -0.25) is 9.59 Å². The van der Waals surface area contributed by atoms with Crippen LogP contribution in [0, 0.1) is 13.8 Å². The molecule has 2 amide bonds. The Bertz CT molecular complexity index is 1200. The number of carbonyl (C=O) groups excluding carboxylic acids is 2. The number of amides is 2. The molecule has 0 radical (unpaired) electrons. The summed E-state index contributed by atoms with van der Waals surface area (Å²) in [7, 11) is 0. The van der Waals surface area contributed by atoms with Gasteiger partial charge >= 0.3 is 0 Å². The Morgan fingerprint density at radius 1 is 1.22 bits per heavy atom. The van der Waals surface area contributed by atoms with E-state index in [1.54, 1.807) is 28.4 Å². The van der Waals surface area contributed by atoms with E-state index in [2.05, 4.69) is 24.4 Å². The number of hydrogen-bond acceptors (Lipinski definition) is 6. The highest BCUT2D eigenvalue weighted by molar-refractivity contribution is 7.10. The quantitative estimate of drug-likeness (QED) is 0.438. The minimum atomic E-state index is -0.292. The van der Waals surface area contributed by atoms with Crippen LogP contribution in [-0.2, 0) is 16.0 Å². The van der Waals surface area contributed by atoms with Crippen LogP contribution in [0.2, 0.25) is 0 Å². The van der Waals surface area contributed by atoms with Gasteiger partial charge in [0.05, 0.1) is 18.4 Å². The van der Waals surface area contributed by atoms with Gasteiger partial charge in [0.2, 0.25) is 5.91 Å². The van der Waals surface area contributed by atoms with Crippen molar-refractivity contribution in [3.63, 3.8) is 0 Å². The molecule has 0 bridgehead atoms. The van der Waals surface area contributed by atoms with Crippen LogP contribution in [0.4, 0.5) is 0 Å². The highest BCUT2D eigenvalue weighted by atomic mass is 32.1. The molecule has 190 valence electrons. The van der Waals surface area contributed by atoms with Gasteiger partial charge in [0, 0.05) is 24.6 Å². The summed E-state index contributed by atoms with van der Waals surface area (Å²) >= 11 is 1.72. The number of carbonyl (C=O) groups is 2. The van der Waals surface area contributed by atoms with E-state index in [9.17, 15) is 9.59 Å². The zero-order chi connectivity index (χ0) is 25.1. The Hall–Kier alpha value is -3.10. The van der Waals surface area contributed by atoms with E-state index in [1.807, 2.05) is 24.0 Å². The second-order valence-electron chi connectivity index (χ2n) is 9.53. The van der Waals surface area contributed by atoms with Crippen LogP contribution in [0.1, 0.15) is 51.0 Å². The molecule has 0 saturated carbocycles. The maximum atomic E-state index is 13.7. The first-order chi connectivity index (χ1) is 17.5. The molecule has 8 heteroatoms. The fourth-order valence-corrected chi connectivity index (χ4v) is 6.00. The van der Waals surface area contributed by atoms with Crippen molar-refractivity contribution in [2.75, 3.05) is 32.8 Å². The minimum Gasteiger partial charge on any atom is -0.491 e. The van der Waals surface area contributed by atoms with Crippen molar-refractivity contribution < 1.29 is 23.5 Å². The lowest BCUT2D eigenvalue weighted by molar-refractivity contribution is -0.135. The third-order valence-corrected chi connectivity index (χ3v) is 7.93. The second-order valence-corrected chi connectivity index (χ2v) is 10.5. The second kappa shape index (κ2) is 10.9. The molecular formula is C28H32N2O5S. The minimum absolute atomic E-state index is 0.0288. The number of aryl methyl sites for hydroxylation is 2. The maximum absolute atomic E-state index is 13.7. The average molecular weight is 509 g/mol. The number of furan rings is 1. The molecule has 0 N–H and O–H groups in total. The standard InChI is InChI=1S/C28H32N2O5S/c1-19-7-8-24(20(2)15-19)35-18-23-22-10-14-36-26(22)9-11-30(23)27(31)17-29(16-21-5-3-12-33-21)28(32)25-6-4-13-34-25/h4,6-8,10,13-15,21,23H,3,5,9,11-12,16-18H2,1-2H3/t21-,23+/m0/s1. The van der Waals surface area contributed by atoms with Crippen molar-refractivity contribution in [2.45, 2.75) is 45.3 Å². The zero-order valence-corrected chi connectivity index (χ0v) is 21.6. The summed E-state index contributed by atoms with van der Waals surface area (Å²) < 4.78 is 17.4. The van der Waals surface area contributed by atoms with Gasteiger partial charge in [-0.1, -0.05) is 17.7 Å². The molecule has 1 fully saturated rings. The predicted octanol–water partition coefficient (Wildman–Crippen LogP) is 4.78. The number of benzene rings is 1. The number of hydrogen-bond donors (Lipinski definition) is 0. The fourth-order valence-electron chi connectivity index (χ4n) is 5.07. The van der Waals surface area contributed by atoms with Crippen LogP contribution in [0.25, 0.3) is 0 Å². The zero-order valence-electron chi connectivity index (χ0n) is 20.8. The van der Waals surface area contributed by atoms with Crippen molar-refractivity contribution in [3.8, 4) is 5.75 Å². The smallest absolute Gasteiger partial charge is 0.290 e. The first-order valence-corrected chi connectivity index (χ1v) is 13.4. The number of rotatable bonds is 8. The largest absolute Gasteiger partial charge is 0.491 e. The van der Waals surface area contributed by atoms with Gasteiger partial charge in [0.25, 0.3) is 5.91 Å². The number of fused-ring (bicyclic) bond motifs is 1. The van der Waals surface area contributed by atoms with Crippen LogP contribution < -0.4 is 4.74 Å². The lowest BCUT2D eigenvalue weighted by Crippen LogP contribution is -2.49. The summed E-state index contributed by atoms with van der Waals surface area (Å²) in [6.07, 6.45) is 4.06. The van der Waals surface area contributed by atoms with E-state index in [0.29, 0.717) is 26.3 Å². The predicted molar refractivity (Wildman–Crippen MR) is 137 cm³/mol. The molecule has 3 aromatic rings. The fraction of sp³-hybridized carbons (Fsp3) is 0.429. The Kier molecular flexibility index (Phi) is 7.43. The van der Waals surface area contributed by atoms with Crippen molar-refractivity contribution in [2.24, 2.45) is 0 Å². The van der Waals surface area contributed by atoms with E-state index in [-0.39, 0.29) is 36.3 Å². The van der Waals surface area contributed by atoms with Crippen LogP contribution in [-0.4, -0.2) is 60.6 Å². The summed E-state index contributed by atoms with van der Waals surface area (Å²) in [4.78, 5) is 31.7.